The lowest BCUT2D eigenvalue weighted by Crippen LogP contribution is -2.42. The highest BCUT2D eigenvalue weighted by molar-refractivity contribution is 6.14. The molecular formula is C20H16N2O4. The van der Waals surface area contributed by atoms with Gasteiger partial charge in [-0.15, -0.1) is 0 Å². The van der Waals surface area contributed by atoms with Crippen LogP contribution in [0.1, 0.15) is 16.3 Å². The second-order valence-corrected chi connectivity index (χ2v) is 5.82. The minimum Gasteiger partial charge on any atom is -0.486 e. The largest absolute Gasteiger partial charge is 0.486 e. The fourth-order valence-corrected chi connectivity index (χ4v) is 2.79. The van der Waals surface area contributed by atoms with Gasteiger partial charge in [0.1, 0.15) is 24.7 Å². The fraction of sp³-hybridized carbons (Fsp3) is 0.100. The van der Waals surface area contributed by atoms with Crippen LogP contribution in [0.3, 0.4) is 0 Å². The van der Waals surface area contributed by atoms with Crippen LogP contribution in [-0.4, -0.2) is 18.4 Å². The van der Waals surface area contributed by atoms with Gasteiger partial charge in [0.05, 0.1) is 11.4 Å². The highest BCUT2D eigenvalue weighted by atomic mass is 16.5. The SMILES string of the molecule is O=C1CN(C(=O)c2ccc(COc3ccccc3)o2)c2ccccc2N1. The first-order valence-electron chi connectivity index (χ1n) is 8.18. The average Bonchev–Trinajstić information content (AvgIpc) is 3.15. The summed E-state index contributed by atoms with van der Waals surface area (Å²) in [6.07, 6.45) is 0. The van der Waals surface area contributed by atoms with Gasteiger partial charge in [0.15, 0.2) is 5.76 Å². The van der Waals surface area contributed by atoms with Gasteiger partial charge in [-0.3, -0.25) is 14.5 Å². The third-order valence-corrected chi connectivity index (χ3v) is 4.01. The number of furan rings is 1. The van der Waals surface area contributed by atoms with Crippen LogP contribution < -0.4 is 15.0 Å². The molecule has 2 amide bonds. The van der Waals surface area contributed by atoms with Gasteiger partial charge < -0.3 is 14.5 Å². The molecule has 1 aromatic heterocycles. The molecule has 0 bridgehead atoms. The number of rotatable bonds is 4. The number of ether oxygens (including phenoxy) is 1. The van der Waals surface area contributed by atoms with Crippen molar-refractivity contribution in [2.45, 2.75) is 6.61 Å². The van der Waals surface area contributed by atoms with Crippen molar-refractivity contribution < 1.29 is 18.7 Å². The molecule has 0 atom stereocenters. The van der Waals surface area contributed by atoms with E-state index < -0.39 is 0 Å². The van der Waals surface area contributed by atoms with Crippen LogP contribution in [0.2, 0.25) is 0 Å². The molecule has 1 aliphatic heterocycles. The van der Waals surface area contributed by atoms with Crippen molar-refractivity contribution in [3.63, 3.8) is 0 Å². The Morgan fingerprint density at radius 2 is 1.81 bits per heavy atom. The van der Waals surface area contributed by atoms with E-state index in [1.807, 2.05) is 36.4 Å². The molecule has 0 aliphatic carbocycles. The van der Waals surface area contributed by atoms with Crippen molar-refractivity contribution in [1.82, 2.24) is 0 Å². The minimum atomic E-state index is -0.363. The van der Waals surface area contributed by atoms with Crippen LogP contribution in [0.15, 0.2) is 71.1 Å². The van der Waals surface area contributed by atoms with Crippen LogP contribution >= 0.6 is 0 Å². The fourth-order valence-electron chi connectivity index (χ4n) is 2.79. The van der Waals surface area contributed by atoms with Crippen LogP contribution in [0, 0.1) is 0 Å². The quantitative estimate of drug-likeness (QED) is 0.784. The highest BCUT2D eigenvalue weighted by Gasteiger charge is 2.29. The van der Waals surface area contributed by atoms with Gasteiger partial charge in [0.2, 0.25) is 5.91 Å². The van der Waals surface area contributed by atoms with E-state index in [9.17, 15) is 9.59 Å². The molecule has 6 heteroatoms. The second kappa shape index (κ2) is 6.76. The summed E-state index contributed by atoms with van der Waals surface area (Å²) in [5, 5.41) is 2.76. The zero-order valence-corrected chi connectivity index (χ0v) is 13.8. The molecule has 2 aromatic carbocycles. The molecule has 3 aromatic rings. The smallest absolute Gasteiger partial charge is 0.294 e. The Morgan fingerprint density at radius 1 is 1.04 bits per heavy atom. The summed E-state index contributed by atoms with van der Waals surface area (Å²) in [6.45, 7) is 0.167. The van der Waals surface area contributed by atoms with Crippen molar-refractivity contribution in [3.8, 4) is 5.75 Å². The van der Waals surface area contributed by atoms with Crippen molar-refractivity contribution in [3.05, 3.63) is 78.3 Å². The normalized spacial score (nSPS) is 13.1. The third-order valence-electron chi connectivity index (χ3n) is 4.01. The van der Waals surface area contributed by atoms with E-state index in [2.05, 4.69) is 5.32 Å². The summed E-state index contributed by atoms with van der Waals surface area (Å²) in [7, 11) is 0. The van der Waals surface area contributed by atoms with Crippen LogP contribution in [0.25, 0.3) is 0 Å². The molecule has 0 saturated heterocycles. The maximum atomic E-state index is 12.8. The van der Waals surface area contributed by atoms with Gasteiger partial charge >= 0.3 is 0 Å². The number of nitrogens with one attached hydrogen (secondary N) is 1. The van der Waals surface area contributed by atoms with E-state index in [4.69, 9.17) is 9.15 Å². The van der Waals surface area contributed by atoms with Crippen molar-refractivity contribution in [2.24, 2.45) is 0 Å². The summed E-state index contributed by atoms with van der Waals surface area (Å²) in [6, 6.07) is 19.8. The molecule has 4 rings (SSSR count). The summed E-state index contributed by atoms with van der Waals surface area (Å²) in [5.74, 6) is 0.820. The second-order valence-electron chi connectivity index (χ2n) is 5.82. The Hall–Kier alpha value is -3.54. The third kappa shape index (κ3) is 3.17. The molecular weight excluding hydrogens is 332 g/mol. The number of amides is 2. The number of benzene rings is 2. The zero-order valence-electron chi connectivity index (χ0n) is 13.8. The Balaban J connectivity index is 1.51. The molecule has 6 nitrogen and oxygen atoms in total. The number of carbonyl (C=O) groups is 2. The minimum absolute atomic E-state index is 0.0492. The maximum Gasteiger partial charge on any atom is 0.294 e. The number of carbonyl (C=O) groups excluding carboxylic acids is 2. The van der Waals surface area contributed by atoms with Crippen molar-refractivity contribution in [2.75, 3.05) is 16.8 Å². The molecule has 1 aliphatic rings. The van der Waals surface area contributed by atoms with Crippen LogP contribution in [-0.2, 0) is 11.4 Å². The first-order valence-corrected chi connectivity index (χ1v) is 8.18. The number of fused-ring (bicyclic) bond motifs is 1. The molecule has 0 radical (unpaired) electrons. The highest BCUT2D eigenvalue weighted by Crippen LogP contribution is 2.30. The average molecular weight is 348 g/mol. The summed E-state index contributed by atoms with van der Waals surface area (Å²) in [4.78, 5) is 26.1. The number of hydrogen-bond donors (Lipinski definition) is 1. The van der Waals surface area contributed by atoms with E-state index in [1.165, 1.54) is 4.90 Å². The number of anilines is 2. The molecule has 1 N–H and O–H groups in total. The Bertz CT molecular complexity index is 949. The predicted molar refractivity (Wildman–Crippen MR) is 96.2 cm³/mol. The number of nitrogens with zero attached hydrogens (tertiary/aromatic N) is 1. The molecule has 26 heavy (non-hydrogen) atoms. The predicted octanol–water partition coefficient (Wildman–Crippen LogP) is 3.46. The van der Waals surface area contributed by atoms with E-state index in [0.29, 0.717) is 17.1 Å². The molecule has 0 saturated carbocycles. The number of hydrogen-bond acceptors (Lipinski definition) is 4. The van der Waals surface area contributed by atoms with Gasteiger partial charge in [-0.25, -0.2) is 0 Å². The number of para-hydroxylation sites is 3. The van der Waals surface area contributed by atoms with Gasteiger partial charge in [-0.1, -0.05) is 30.3 Å². The van der Waals surface area contributed by atoms with Crippen molar-refractivity contribution in [1.29, 1.82) is 0 Å². The Labute approximate surface area is 150 Å². The first-order chi connectivity index (χ1) is 12.7. The van der Waals surface area contributed by atoms with E-state index in [0.717, 1.165) is 5.75 Å². The standard InChI is InChI=1S/C20H16N2O4/c23-19-12-22(17-9-5-4-8-16(17)21-19)20(24)18-11-10-15(26-18)13-25-14-6-2-1-3-7-14/h1-11H,12-13H2,(H,21,23). The van der Waals surface area contributed by atoms with E-state index in [-0.39, 0.29) is 30.7 Å². The monoisotopic (exact) mass is 348 g/mol. The summed E-state index contributed by atoms with van der Waals surface area (Å²) >= 11 is 0. The molecule has 0 fully saturated rings. The molecule has 0 spiro atoms. The van der Waals surface area contributed by atoms with E-state index in [1.54, 1.807) is 30.3 Å². The summed E-state index contributed by atoms with van der Waals surface area (Å²) in [5.41, 5.74) is 1.26. The van der Waals surface area contributed by atoms with Gasteiger partial charge in [0, 0.05) is 0 Å². The Kier molecular flexibility index (Phi) is 4.15. The van der Waals surface area contributed by atoms with Gasteiger partial charge in [-0.2, -0.15) is 0 Å². The van der Waals surface area contributed by atoms with Gasteiger partial charge in [0.25, 0.3) is 5.91 Å². The van der Waals surface area contributed by atoms with Crippen LogP contribution in [0.5, 0.6) is 5.75 Å². The van der Waals surface area contributed by atoms with E-state index >= 15 is 0 Å². The zero-order chi connectivity index (χ0) is 17.9. The lowest BCUT2D eigenvalue weighted by atomic mass is 10.2. The molecule has 2 heterocycles. The lowest BCUT2D eigenvalue weighted by molar-refractivity contribution is -0.115. The lowest BCUT2D eigenvalue weighted by Gasteiger charge is -2.28. The maximum absolute atomic E-state index is 12.8. The topological polar surface area (TPSA) is 71.8 Å². The molecule has 130 valence electrons. The Morgan fingerprint density at radius 3 is 2.65 bits per heavy atom. The summed E-state index contributed by atoms with van der Waals surface area (Å²) < 4.78 is 11.2. The molecule has 0 unspecified atom stereocenters. The van der Waals surface area contributed by atoms with Crippen molar-refractivity contribution >= 4 is 23.2 Å². The van der Waals surface area contributed by atoms with Crippen LogP contribution in [0.4, 0.5) is 11.4 Å². The van der Waals surface area contributed by atoms with Gasteiger partial charge in [-0.05, 0) is 36.4 Å². The first kappa shape index (κ1) is 16.0.